The van der Waals surface area contributed by atoms with Crippen LogP contribution in [0.5, 0.6) is 0 Å². The summed E-state index contributed by atoms with van der Waals surface area (Å²) in [6.07, 6.45) is 0.989. The maximum Gasteiger partial charge on any atom is 0.330 e. The summed E-state index contributed by atoms with van der Waals surface area (Å²) in [6.45, 7) is 1.78. The first kappa shape index (κ1) is 16.3. The maximum atomic E-state index is 12.4. The molecule has 1 heterocycles. The summed E-state index contributed by atoms with van der Waals surface area (Å²) >= 11 is 5.95. The average molecular weight is 344 g/mol. The number of anilines is 1. The Hall–Kier alpha value is -2.06. The molecule has 0 aliphatic rings. The smallest absolute Gasteiger partial charge is 0.302 e. The van der Waals surface area contributed by atoms with Crippen molar-refractivity contribution in [2.24, 2.45) is 14.1 Å². The molecule has 0 radical (unpaired) electrons. The molecule has 2 rings (SSSR count). The van der Waals surface area contributed by atoms with Gasteiger partial charge in [0.05, 0.1) is 5.69 Å². The van der Waals surface area contributed by atoms with E-state index in [0.29, 0.717) is 5.02 Å². The molecule has 0 aliphatic heterocycles. The Balaban J connectivity index is 2.54. The number of hydrogen-bond donors (Lipinski definition) is 1. The number of hydrogen-bond acceptors (Lipinski definition) is 4. The van der Waals surface area contributed by atoms with E-state index in [1.165, 1.54) is 26.2 Å². The summed E-state index contributed by atoms with van der Waals surface area (Å²) in [6, 6.07) is 4.63. The molecule has 9 heteroatoms. The van der Waals surface area contributed by atoms with E-state index in [1.807, 2.05) is 0 Å². The second-order valence-corrected chi connectivity index (χ2v) is 6.88. The topological polar surface area (TPSA) is 90.2 Å². The van der Waals surface area contributed by atoms with Gasteiger partial charge in [0.25, 0.3) is 15.6 Å². The van der Waals surface area contributed by atoms with E-state index in [9.17, 15) is 18.0 Å². The maximum absolute atomic E-state index is 12.4. The number of nitrogens with one attached hydrogen (secondary N) is 1. The molecule has 118 valence electrons. The van der Waals surface area contributed by atoms with E-state index in [4.69, 9.17) is 11.6 Å². The number of aryl methyl sites for hydroxylation is 2. The SMILES string of the molecule is Cc1ccc(NS(=O)(=O)c2cn(C)c(=O)n(C)c2=O)cc1Cl. The zero-order valence-electron chi connectivity index (χ0n) is 12.1. The number of nitrogens with zero attached hydrogens (tertiary/aromatic N) is 2. The Kier molecular flexibility index (Phi) is 4.17. The Morgan fingerprint density at radius 3 is 2.41 bits per heavy atom. The fraction of sp³-hybridized carbons (Fsp3) is 0.231. The van der Waals surface area contributed by atoms with Crippen molar-refractivity contribution in [3.8, 4) is 0 Å². The van der Waals surface area contributed by atoms with Gasteiger partial charge in [0.1, 0.15) is 0 Å². The van der Waals surface area contributed by atoms with Gasteiger partial charge in [-0.2, -0.15) is 0 Å². The Morgan fingerprint density at radius 1 is 1.18 bits per heavy atom. The minimum atomic E-state index is -4.14. The summed E-state index contributed by atoms with van der Waals surface area (Å²) in [5.41, 5.74) is -0.481. The predicted octanol–water partition coefficient (Wildman–Crippen LogP) is 0.847. The van der Waals surface area contributed by atoms with Crippen molar-refractivity contribution in [3.63, 3.8) is 0 Å². The van der Waals surface area contributed by atoms with Crippen LogP contribution in [0.25, 0.3) is 0 Å². The molecular formula is C13H14ClN3O4S. The molecule has 1 aromatic carbocycles. The lowest BCUT2D eigenvalue weighted by Crippen LogP contribution is -2.40. The highest BCUT2D eigenvalue weighted by molar-refractivity contribution is 7.92. The van der Waals surface area contributed by atoms with Gasteiger partial charge in [-0.25, -0.2) is 13.2 Å². The number of halogens is 1. The zero-order chi connectivity index (χ0) is 16.7. The van der Waals surface area contributed by atoms with Crippen LogP contribution in [0.2, 0.25) is 5.02 Å². The Labute approximate surface area is 131 Å². The van der Waals surface area contributed by atoms with Crippen LogP contribution in [0.4, 0.5) is 5.69 Å². The van der Waals surface area contributed by atoms with Gasteiger partial charge in [0.2, 0.25) is 0 Å². The van der Waals surface area contributed by atoms with Crippen LogP contribution in [-0.2, 0) is 24.1 Å². The van der Waals surface area contributed by atoms with Crippen molar-refractivity contribution < 1.29 is 8.42 Å². The Bertz CT molecular complexity index is 960. The van der Waals surface area contributed by atoms with Crippen molar-refractivity contribution in [3.05, 3.63) is 55.8 Å². The van der Waals surface area contributed by atoms with E-state index in [2.05, 4.69) is 4.72 Å². The molecule has 0 saturated carbocycles. The van der Waals surface area contributed by atoms with Gasteiger partial charge in [-0.05, 0) is 24.6 Å². The molecule has 0 unspecified atom stereocenters. The molecule has 1 aromatic heterocycles. The van der Waals surface area contributed by atoms with Gasteiger partial charge in [0.15, 0.2) is 4.90 Å². The van der Waals surface area contributed by atoms with E-state index in [-0.39, 0.29) is 5.69 Å². The first-order valence-electron chi connectivity index (χ1n) is 6.19. The number of rotatable bonds is 3. The first-order valence-corrected chi connectivity index (χ1v) is 8.05. The molecule has 0 aliphatic carbocycles. The lowest BCUT2D eigenvalue weighted by atomic mass is 10.2. The number of benzene rings is 1. The molecule has 0 saturated heterocycles. The van der Waals surface area contributed by atoms with E-state index >= 15 is 0 Å². The Morgan fingerprint density at radius 2 is 1.82 bits per heavy atom. The van der Waals surface area contributed by atoms with Crippen molar-refractivity contribution >= 4 is 27.3 Å². The second kappa shape index (κ2) is 5.62. The normalized spacial score (nSPS) is 11.5. The van der Waals surface area contributed by atoms with Gasteiger partial charge in [-0.3, -0.25) is 14.1 Å². The van der Waals surface area contributed by atoms with Gasteiger partial charge in [-0.15, -0.1) is 0 Å². The van der Waals surface area contributed by atoms with Crippen molar-refractivity contribution in [2.75, 3.05) is 4.72 Å². The fourth-order valence-corrected chi connectivity index (χ4v) is 3.22. The van der Waals surface area contributed by atoms with Gasteiger partial charge in [-0.1, -0.05) is 17.7 Å². The van der Waals surface area contributed by atoms with Crippen LogP contribution in [-0.4, -0.2) is 17.6 Å². The molecule has 22 heavy (non-hydrogen) atoms. The highest BCUT2D eigenvalue weighted by Crippen LogP contribution is 2.21. The minimum absolute atomic E-state index is 0.228. The van der Waals surface area contributed by atoms with Crippen LogP contribution < -0.4 is 16.0 Å². The van der Waals surface area contributed by atoms with Crippen LogP contribution in [0.3, 0.4) is 0 Å². The molecule has 0 spiro atoms. The standard InChI is InChI=1S/C13H14ClN3O4S/c1-8-4-5-9(6-10(8)14)15-22(20,21)11-7-16(2)13(19)17(3)12(11)18/h4-7,15H,1-3H3. The fourth-order valence-electron chi connectivity index (χ4n) is 1.83. The molecule has 2 aromatic rings. The minimum Gasteiger partial charge on any atom is -0.302 e. The summed E-state index contributed by atoms with van der Waals surface area (Å²) in [5.74, 6) is 0. The quantitative estimate of drug-likeness (QED) is 0.894. The van der Waals surface area contributed by atoms with Crippen LogP contribution in [0, 0.1) is 6.92 Å². The van der Waals surface area contributed by atoms with Crippen molar-refractivity contribution in [2.45, 2.75) is 11.8 Å². The zero-order valence-corrected chi connectivity index (χ0v) is 13.7. The lowest BCUT2D eigenvalue weighted by Gasteiger charge is -2.10. The van der Waals surface area contributed by atoms with Crippen LogP contribution in [0.15, 0.2) is 38.9 Å². The van der Waals surface area contributed by atoms with Crippen LogP contribution >= 0.6 is 11.6 Å². The van der Waals surface area contributed by atoms with E-state index in [0.717, 1.165) is 20.9 Å². The lowest BCUT2D eigenvalue weighted by molar-refractivity contribution is 0.589. The highest BCUT2D eigenvalue weighted by Gasteiger charge is 2.21. The monoisotopic (exact) mass is 343 g/mol. The van der Waals surface area contributed by atoms with Crippen molar-refractivity contribution in [1.82, 2.24) is 9.13 Å². The molecule has 0 amide bonds. The molecule has 0 bridgehead atoms. The van der Waals surface area contributed by atoms with Gasteiger partial charge >= 0.3 is 5.69 Å². The number of sulfonamides is 1. The molecular weight excluding hydrogens is 330 g/mol. The summed E-state index contributed by atoms with van der Waals surface area (Å²) < 4.78 is 28.7. The molecule has 1 N–H and O–H groups in total. The first-order chi connectivity index (χ1) is 10.1. The highest BCUT2D eigenvalue weighted by atomic mass is 35.5. The molecule has 0 fully saturated rings. The third-order valence-corrected chi connectivity index (χ3v) is 4.90. The van der Waals surface area contributed by atoms with E-state index in [1.54, 1.807) is 13.0 Å². The van der Waals surface area contributed by atoms with E-state index < -0.39 is 26.2 Å². The predicted molar refractivity (Wildman–Crippen MR) is 83.9 cm³/mol. The molecule has 7 nitrogen and oxygen atoms in total. The summed E-state index contributed by atoms with van der Waals surface area (Å²) in [5, 5.41) is 0.397. The average Bonchev–Trinajstić information content (AvgIpc) is 2.44. The largest absolute Gasteiger partial charge is 0.330 e. The van der Waals surface area contributed by atoms with Crippen LogP contribution in [0.1, 0.15) is 5.56 Å². The third kappa shape index (κ3) is 2.93. The summed E-state index contributed by atoms with van der Waals surface area (Å²) in [7, 11) is -1.56. The third-order valence-electron chi connectivity index (χ3n) is 3.13. The van der Waals surface area contributed by atoms with Gasteiger partial charge in [0, 0.05) is 25.3 Å². The second-order valence-electron chi connectivity index (χ2n) is 4.82. The number of aromatic nitrogens is 2. The molecule has 0 atom stereocenters. The van der Waals surface area contributed by atoms with Gasteiger partial charge < -0.3 is 4.57 Å². The summed E-state index contributed by atoms with van der Waals surface area (Å²) in [4.78, 5) is 23.1. The van der Waals surface area contributed by atoms with Crippen molar-refractivity contribution in [1.29, 1.82) is 0 Å².